The van der Waals surface area contributed by atoms with E-state index in [9.17, 15) is 0 Å². The Bertz CT molecular complexity index is 3260. The topological polar surface area (TPSA) is 64.7 Å². The van der Waals surface area contributed by atoms with Crippen LogP contribution in [0.4, 0.5) is 0 Å². The third kappa shape index (κ3) is 5.81. The highest BCUT2D eigenvalue weighted by Gasteiger charge is 2.19. The van der Waals surface area contributed by atoms with Crippen molar-refractivity contribution in [1.82, 2.24) is 19.9 Å². The third-order valence-corrected chi connectivity index (χ3v) is 10.7. The highest BCUT2D eigenvalue weighted by molar-refractivity contribution is 6.19. The van der Waals surface area contributed by atoms with Crippen molar-refractivity contribution in [2.24, 2.45) is 0 Å². The molecule has 5 nitrogen and oxygen atoms in total. The maximum atomic E-state index is 6.61. The summed E-state index contributed by atoms with van der Waals surface area (Å²) >= 11 is 0. The minimum atomic E-state index is 0.600. The summed E-state index contributed by atoms with van der Waals surface area (Å²) in [6.45, 7) is 0. The largest absolute Gasteiger partial charge is 0.455 e. The van der Waals surface area contributed by atoms with Gasteiger partial charge < -0.3 is 4.42 Å². The van der Waals surface area contributed by atoms with Gasteiger partial charge in [0.05, 0.1) is 16.6 Å². The lowest BCUT2D eigenvalue weighted by molar-refractivity contribution is 0.672. The molecule has 11 aromatic rings. The number of hydrogen-bond acceptors (Lipinski definition) is 5. The van der Waals surface area contributed by atoms with Gasteiger partial charge in [0.25, 0.3) is 0 Å². The molecule has 0 saturated heterocycles. The van der Waals surface area contributed by atoms with E-state index in [1.807, 2.05) is 48.5 Å². The van der Waals surface area contributed by atoms with Crippen molar-refractivity contribution in [2.75, 3.05) is 0 Å². The summed E-state index contributed by atoms with van der Waals surface area (Å²) in [6.07, 6.45) is 0. The second-order valence-electron chi connectivity index (χ2n) is 14.2. The van der Waals surface area contributed by atoms with Crippen molar-refractivity contribution in [1.29, 1.82) is 0 Å². The highest BCUT2D eigenvalue weighted by atomic mass is 16.3. The van der Waals surface area contributed by atoms with E-state index in [0.29, 0.717) is 17.5 Å². The van der Waals surface area contributed by atoms with Gasteiger partial charge in [-0.05, 0) is 51.2 Å². The molecule has 3 heterocycles. The highest BCUT2D eigenvalue weighted by Crippen LogP contribution is 2.41. The van der Waals surface area contributed by atoms with Crippen LogP contribution in [0.15, 0.2) is 199 Å². The Labute approximate surface area is 328 Å². The number of nitrogens with zero attached hydrogens (tertiary/aromatic N) is 4. The van der Waals surface area contributed by atoms with E-state index in [4.69, 9.17) is 24.4 Å². The number of hydrogen-bond donors (Lipinski definition) is 0. The maximum Gasteiger partial charge on any atom is 0.164 e. The van der Waals surface area contributed by atoms with Crippen LogP contribution in [0, 0.1) is 0 Å². The van der Waals surface area contributed by atoms with E-state index in [1.165, 1.54) is 16.3 Å². The molecule has 8 aromatic carbocycles. The van der Waals surface area contributed by atoms with Gasteiger partial charge in [0.2, 0.25) is 0 Å². The van der Waals surface area contributed by atoms with Crippen LogP contribution in [-0.4, -0.2) is 19.9 Å². The monoisotopic (exact) mass is 728 g/mol. The van der Waals surface area contributed by atoms with E-state index < -0.39 is 0 Å². The lowest BCUT2D eigenvalue weighted by Gasteiger charge is -2.11. The quantitative estimate of drug-likeness (QED) is 0.171. The first-order valence-electron chi connectivity index (χ1n) is 19.0. The van der Waals surface area contributed by atoms with Crippen molar-refractivity contribution >= 4 is 43.6 Å². The Morgan fingerprint density at radius 2 is 0.842 bits per heavy atom. The summed E-state index contributed by atoms with van der Waals surface area (Å²) in [7, 11) is 0. The van der Waals surface area contributed by atoms with Gasteiger partial charge in [0.1, 0.15) is 11.2 Å². The van der Waals surface area contributed by atoms with Crippen LogP contribution in [0.1, 0.15) is 0 Å². The van der Waals surface area contributed by atoms with E-state index in [1.54, 1.807) is 0 Å². The Balaban J connectivity index is 1.04. The fourth-order valence-corrected chi connectivity index (χ4v) is 7.89. The number of benzene rings is 8. The van der Waals surface area contributed by atoms with Gasteiger partial charge >= 0.3 is 0 Å². The van der Waals surface area contributed by atoms with Crippen molar-refractivity contribution in [3.8, 4) is 67.7 Å². The zero-order valence-corrected chi connectivity index (χ0v) is 30.7. The van der Waals surface area contributed by atoms with Gasteiger partial charge in [-0.25, -0.2) is 19.9 Å². The number of furan rings is 1. The van der Waals surface area contributed by atoms with Gasteiger partial charge in [-0.3, -0.25) is 0 Å². The van der Waals surface area contributed by atoms with Gasteiger partial charge in [-0.1, -0.05) is 176 Å². The first kappa shape index (κ1) is 32.7. The standard InChI is InChI=1S/C52H32N4O/c1-3-12-33(13-4-1)34-22-26-38(27-23-34)51-54-50(37-15-5-2-6-16-37)55-52(56-51)39-28-24-36(25-29-39)48-47-44-19-9-10-21-46(44)57-49(47)43-31-30-40(32-45(43)53-48)42-20-11-17-35-14-7-8-18-41(35)42/h1-32H. The predicted octanol–water partition coefficient (Wildman–Crippen LogP) is 13.5. The average molecular weight is 729 g/mol. The molecule has 0 saturated carbocycles. The Hall–Kier alpha value is -7.76. The second-order valence-corrected chi connectivity index (χ2v) is 14.2. The molecule has 3 aromatic heterocycles. The lowest BCUT2D eigenvalue weighted by Crippen LogP contribution is -2.00. The average Bonchev–Trinajstić information content (AvgIpc) is 3.69. The number of pyridine rings is 1. The van der Waals surface area contributed by atoms with Crippen molar-refractivity contribution in [2.45, 2.75) is 0 Å². The van der Waals surface area contributed by atoms with E-state index >= 15 is 0 Å². The summed E-state index contributed by atoms with van der Waals surface area (Å²) in [4.78, 5) is 20.4. The smallest absolute Gasteiger partial charge is 0.164 e. The van der Waals surface area contributed by atoms with Gasteiger partial charge in [0.15, 0.2) is 17.5 Å². The molecule has 266 valence electrons. The second kappa shape index (κ2) is 13.5. The molecular formula is C52H32N4O. The van der Waals surface area contributed by atoms with Crippen LogP contribution < -0.4 is 0 Å². The molecule has 0 spiro atoms. The van der Waals surface area contributed by atoms with Gasteiger partial charge in [-0.15, -0.1) is 0 Å². The molecule has 0 aliphatic rings. The zero-order chi connectivity index (χ0) is 37.7. The normalized spacial score (nSPS) is 11.5. The lowest BCUT2D eigenvalue weighted by atomic mass is 9.96. The summed E-state index contributed by atoms with van der Waals surface area (Å²) in [5.41, 5.74) is 11.7. The fraction of sp³-hybridized carbons (Fsp3) is 0. The molecule has 0 unspecified atom stereocenters. The summed E-state index contributed by atoms with van der Waals surface area (Å²) in [6, 6.07) is 66.9. The van der Waals surface area contributed by atoms with Crippen LogP contribution in [0.2, 0.25) is 0 Å². The Morgan fingerprint density at radius 3 is 1.54 bits per heavy atom. The summed E-state index contributed by atoms with van der Waals surface area (Å²) in [5.74, 6) is 1.84. The first-order valence-corrected chi connectivity index (χ1v) is 19.0. The van der Waals surface area contributed by atoms with Crippen LogP contribution in [0.25, 0.3) is 111 Å². The Morgan fingerprint density at radius 1 is 0.333 bits per heavy atom. The molecule has 0 bridgehead atoms. The van der Waals surface area contributed by atoms with Gasteiger partial charge in [0, 0.05) is 33.0 Å². The van der Waals surface area contributed by atoms with Crippen molar-refractivity contribution in [3.63, 3.8) is 0 Å². The number of aromatic nitrogens is 4. The van der Waals surface area contributed by atoms with Crippen LogP contribution in [-0.2, 0) is 0 Å². The van der Waals surface area contributed by atoms with Gasteiger partial charge in [-0.2, -0.15) is 0 Å². The van der Waals surface area contributed by atoms with E-state index in [-0.39, 0.29) is 0 Å². The molecular weight excluding hydrogens is 697 g/mol. The van der Waals surface area contributed by atoms with Crippen LogP contribution in [0.5, 0.6) is 0 Å². The first-order chi connectivity index (χ1) is 28.2. The number of para-hydroxylation sites is 1. The summed E-state index contributed by atoms with van der Waals surface area (Å²) < 4.78 is 6.61. The number of fused-ring (bicyclic) bond motifs is 6. The molecule has 0 radical (unpaired) electrons. The minimum Gasteiger partial charge on any atom is -0.455 e. The minimum absolute atomic E-state index is 0.600. The van der Waals surface area contributed by atoms with Crippen LogP contribution in [0.3, 0.4) is 0 Å². The molecule has 0 aliphatic carbocycles. The molecule has 0 amide bonds. The molecule has 11 rings (SSSR count). The molecule has 5 heteroatoms. The predicted molar refractivity (Wildman–Crippen MR) is 233 cm³/mol. The molecule has 0 N–H and O–H groups in total. The molecule has 0 atom stereocenters. The number of rotatable bonds is 6. The fourth-order valence-electron chi connectivity index (χ4n) is 7.89. The molecule has 57 heavy (non-hydrogen) atoms. The summed E-state index contributed by atoms with van der Waals surface area (Å²) in [5, 5.41) is 5.43. The molecule has 0 aliphatic heterocycles. The van der Waals surface area contributed by atoms with Crippen molar-refractivity contribution in [3.05, 3.63) is 194 Å². The SMILES string of the molecule is c1ccc(-c2ccc(-c3nc(-c4ccccc4)nc(-c4ccc(-c5nc6cc(-c7cccc8ccccc78)ccc6c6oc7ccccc7c56)cc4)n3)cc2)cc1. The maximum absolute atomic E-state index is 6.61. The molecule has 0 fully saturated rings. The Kier molecular flexibility index (Phi) is 7.74. The third-order valence-electron chi connectivity index (χ3n) is 10.7. The van der Waals surface area contributed by atoms with E-state index in [2.05, 4.69) is 146 Å². The van der Waals surface area contributed by atoms with E-state index in [0.717, 1.165) is 77.5 Å². The van der Waals surface area contributed by atoms with Crippen molar-refractivity contribution < 1.29 is 4.42 Å². The van der Waals surface area contributed by atoms with Crippen LogP contribution >= 0.6 is 0 Å². The zero-order valence-electron chi connectivity index (χ0n) is 30.7.